The summed E-state index contributed by atoms with van der Waals surface area (Å²) in [6.07, 6.45) is 2.34. The molecule has 0 aliphatic carbocycles. The monoisotopic (exact) mass is 266 g/mol. The molecule has 0 bridgehead atoms. The number of benzene rings is 1. The fraction of sp³-hybridized carbons (Fsp3) is 0.600. The van der Waals surface area contributed by atoms with E-state index < -0.39 is 0 Å². The number of hydrogen-bond acceptors (Lipinski definition) is 2. The van der Waals surface area contributed by atoms with Crippen LogP contribution in [0.15, 0.2) is 12.1 Å². The first kappa shape index (κ1) is 13.7. The van der Waals surface area contributed by atoms with Crippen molar-refractivity contribution in [3.05, 3.63) is 28.3 Å². The molecule has 2 nitrogen and oxygen atoms in total. The molecule has 2 rings (SSSR count). The Morgan fingerprint density at radius 1 is 1.28 bits per heavy atom. The zero-order chi connectivity index (χ0) is 13.1. The molecule has 100 valence electrons. The fourth-order valence-corrected chi connectivity index (χ4v) is 3.22. The molecule has 1 heterocycles. The van der Waals surface area contributed by atoms with Gasteiger partial charge >= 0.3 is 0 Å². The second kappa shape index (κ2) is 5.94. The molecule has 1 atom stereocenters. The second-order valence-corrected chi connectivity index (χ2v) is 5.75. The first-order valence-corrected chi connectivity index (χ1v) is 7.21. The molecule has 0 saturated carbocycles. The molecule has 1 aliphatic rings. The first-order chi connectivity index (χ1) is 8.59. The number of nitrogens with one attached hydrogen (secondary N) is 1. The number of halogens is 1. The van der Waals surface area contributed by atoms with Crippen molar-refractivity contribution >= 4 is 17.3 Å². The van der Waals surface area contributed by atoms with Crippen molar-refractivity contribution in [2.75, 3.05) is 24.5 Å². The lowest BCUT2D eigenvalue weighted by atomic mass is 10.1. The van der Waals surface area contributed by atoms with E-state index in [9.17, 15) is 0 Å². The highest BCUT2D eigenvalue weighted by molar-refractivity contribution is 6.33. The van der Waals surface area contributed by atoms with Crippen LogP contribution in [0.25, 0.3) is 0 Å². The molecule has 1 saturated heterocycles. The van der Waals surface area contributed by atoms with Gasteiger partial charge in [-0.1, -0.05) is 17.7 Å². The van der Waals surface area contributed by atoms with Gasteiger partial charge < -0.3 is 10.2 Å². The number of anilines is 1. The van der Waals surface area contributed by atoms with Gasteiger partial charge in [0.25, 0.3) is 0 Å². The second-order valence-electron chi connectivity index (χ2n) is 5.35. The topological polar surface area (TPSA) is 15.3 Å². The standard InChI is InChI=1S/C15H23ClN2/c1-11-9-12(2)15(14(16)10-11)18-8-4-6-17-7-5-13(18)3/h9-10,13,17H,4-8H2,1-3H3. The molecule has 1 N–H and O–H groups in total. The first-order valence-electron chi connectivity index (χ1n) is 6.83. The van der Waals surface area contributed by atoms with Crippen molar-refractivity contribution in [2.24, 2.45) is 0 Å². The van der Waals surface area contributed by atoms with Crippen molar-refractivity contribution in [2.45, 2.75) is 39.7 Å². The van der Waals surface area contributed by atoms with Gasteiger partial charge in [-0.25, -0.2) is 0 Å². The maximum Gasteiger partial charge on any atom is 0.0645 e. The van der Waals surface area contributed by atoms with Crippen molar-refractivity contribution in [1.82, 2.24) is 5.32 Å². The highest BCUT2D eigenvalue weighted by atomic mass is 35.5. The number of nitrogens with zero attached hydrogens (tertiary/aromatic N) is 1. The molecule has 0 radical (unpaired) electrons. The minimum Gasteiger partial charge on any atom is -0.367 e. The molecule has 1 aliphatic heterocycles. The van der Waals surface area contributed by atoms with Crippen LogP contribution in [-0.4, -0.2) is 25.7 Å². The van der Waals surface area contributed by atoms with Crippen LogP contribution in [0.3, 0.4) is 0 Å². The average molecular weight is 267 g/mol. The SMILES string of the molecule is Cc1cc(C)c(N2CCCNCCC2C)c(Cl)c1. The predicted octanol–water partition coefficient (Wildman–Crippen LogP) is 3.54. The summed E-state index contributed by atoms with van der Waals surface area (Å²) in [6.45, 7) is 9.84. The summed E-state index contributed by atoms with van der Waals surface area (Å²) in [7, 11) is 0. The van der Waals surface area contributed by atoms with Gasteiger partial charge in [0.1, 0.15) is 0 Å². The van der Waals surface area contributed by atoms with E-state index in [4.69, 9.17) is 11.6 Å². The maximum absolute atomic E-state index is 6.47. The molecule has 0 spiro atoms. The van der Waals surface area contributed by atoms with E-state index in [1.54, 1.807) is 0 Å². The fourth-order valence-electron chi connectivity index (χ4n) is 2.79. The Balaban J connectivity index is 2.32. The summed E-state index contributed by atoms with van der Waals surface area (Å²) in [6, 6.07) is 4.84. The highest BCUT2D eigenvalue weighted by Gasteiger charge is 2.20. The Hall–Kier alpha value is -0.730. The Morgan fingerprint density at radius 3 is 2.78 bits per heavy atom. The lowest BCUT2D eigenvalue weighted by molar-refractivity contribution is 0.499. The van der Waals surface area contributed by atoms with Gasteiger partial charge in [0.05, 0.1) is 10.7 Å². The van der Waals surface area contributed by atoms with Crippen molar-refractivity contribution in [3.8, 4) is 0 Å². The van der Waals surface area contributed by atoms with Gasteiger partial charge in [-0.3, -0.25) is 0 Å². The molecule has 0 aromatic heterocycles. The summed E-state index contributed by atoms with van der Waals surface area (Å²) >= 11 is 6.47. The average Bonchev–Trinajstić information content (AvgIpc) is 2.26. The third kappa shape index (κ3) is 2.99. The van der Waals surface area contributed by atoms with E-state index in [0.717, 1.165) is 24.7 Å². The van der Waals surface area contributed by atoms with Crippen LogP contribution >= 0.6 is 11.6 Å². The molecular formula is C15H23ClN2. The molecular weight excluding hydrogens is 244 g/mol. The summed E-state index contributed by atoms with van der Waals surface area (Å²) in [5.41, 5.74) is 3.76. The summed E-state index contributed by atoms with van der Waals surface area (Å²) in [4.78, 5) is 2.48. The van der Waals surface area contributed by atoms with Gasteiger partial charge in [0, 0.05) is 12.6 Å². The van der Waals surface area contributed by atoms with Gasteiger partial charge in [-0.05, 0) is 63.9 Å². The zero-order valence-corrected chi connectivity index (χ0v) is 12.3. The molecule has 1 aromatic carbocycles. The Labute approximate surface area is 115 Å². The Morgan fingerprint density at radius 2 is 2.06 bits per heavy atom. The van der Waals surface area contributed by atoms with Crippen LogP contribution in [0.5, 0.6) is 0 Å². The smallest absolute Gasteiger partial charge is 0.0645 e. The van der Waals surface area contributed by atoms with Gasteiger partial charge in [0.15, 0.2) is 0 Å². The van der Waals surface area contributed by atoms with E-state index in [1.165, 1.54) is 29.7 Å². The largest absolute Gasteiger partial charge is 0.367 e. The molecule has 3 heteroatoms. The highest BCUT2D eigenvalue weighted by Crippen LogP contribution is 2.33. The summed E-state index contributed by atoms with van der Waals surface area (Å²) < 4.78 is 0. The molecule has 0 amide bonds. The van der Waals surface area contributed by atoms with E-state index in [0.29, 0.717) is 6.04 Å². The molecule has 18 heavy (non-hydrogen) atoms. The van der Waals surface area contributed by atoms with Crippen LogP contribution in [-0.2, 0) is 0 Å². The van der Waals surface area contributed by atoms with Crippen LogP contribution < -0.4 is 10.2 Å². The van der Waals surface area contributed by atoms with Gasteiger partial charge in [-0.15, -0.1) is 0 Å². The molecule has 1 unspecified atom stereocenters. The lowest BCUT2D eigenvalue weighted by Crippen LogP contribution is -2.40. The maximum atomic E-state index is 6.47. The van der Waals surface area contributed by atoms with Gasteiger partial charge in [-0.2, -0.15) is 0 Å². The van der Waals surface area contributed by atoms with Crippen molar-refractivity contribution in [3.63, 3.8) is 0 Å². The zero-order valence-electron chi connectivity index (χ0n) is 11.6. The van der Waals surface area contributed by atoms with Crippen LogP contribution in [0, 0.1) is 13.8 Å². The van der Waals surface area contributed by atoms with Crippen LogP contribution in [0.4, 0.5) is 5.69 Å². The van der Waals surface area contributed by atoms with Crippen LogP contribution in [0.1, 0.15) is 30.9 Å². The van der Waals surface area contributed by atoms with E-state index in [-0.39, 0.29) is 0 Å². The Bertz CT molecular complexity index is 394. The van der Waals surface area contributed by atoms with E-state index in [1.807, 2.05) is 0 Å². The Kier molecular flexibility index (Phi) is 4.52. The molecule has 1 aromatic rings. The van der Waals surface area contributed by atoms with Crippen molar-refractivity contribution < 1.29 is 0 Å². The van der Waals surface area contributed by atoms with Crippen molar-refractivity contribution in [1.29, 1.82) is 0 Å². The van der Waals surface area contributed by atoms with Gasteiger partial charge in [0.2, 0.25) is 0 Å². The van der Waals surface area contributed by atoms with Crippen LogP contribution in [0.2, 0.25) is 5.02 Å². The third-order valence-electron chi connectivity index (χ3n) is 3.71. The number of hydrogen-bond donors (Lipinski definition) is 1. The third-order valence-corrected chi connectivity index (χ3v) is 4.00. The lowest BCUT2D eigenvalue weighted by Gasteiger charge is -2.35. The summed E-state index contributed by atoms with van der Waals surface area (Å²) in [5.74, 6) is 0. The number of rotatable bonds is 1. The van der Waals surface area contributed by atoms with E-state index >= 15 is 0 Å². The molecule has 1 fully saturated rings. The summed E-state index contributed by atoms with van der Waals surface area (Å²) in [5, 5.41) is 4.36. The minimum atomic E-state index is 0.539. The normalized spacial score (nSPS) is 21.6. The minimum absolute atomic E-state index is 0.539. The van der Waals surface area contributed by atoms with E-state index in [2.05, 4.69) is 43.1 Å². The number of aryl methyl sites for hydroxylation is 2. The quantitative estimate of drug-likeness (QED) is 0.837. The predicted molar refractivity (Wildman–Crippen MR) is 79.8 cm³/mol.